The number of hydrogen-bond acceptors (Lipinski definition) is 5. The molecule has 1 heterocycles. The number of methoxy groups -OCH3 is 3. The van der Waals surface area contributed by atoms with Gasteiger partial charge >= 0.3 is 0 Å². The normalized spacial score (nSPS) is 17.1. The second kappa shape index (κ2) is 11.0. The van der Waals surface area contributed by atoms with Gasteiger partial charge in [-0.15, -0.1) is 0 Å². The van der Waals surface area contributed by atoms with Crippen molar-refractivity contribution in [3.63, 3.8) is 0 Å². The molecule has 0 spiro atoms. The third-order valence-corrected chi connectivity index (χ3v) is 6.41. The van der Waals surface area contributed by atoms with Crippen molar-refractivity contribution in [2.45, 2.75) is 12.5 Å². The van der Waals surface area contributed by atoms with Gasteiger partial charge in [-0.25, -0.2) is 0 Å². The van der Waals surface area contributed by atoms with Gasteiger partial charge in [0.15, 0.2) is 0 Å². The van der Waals surface area contributed by atoms with Gasteiger partial charge in [0.1, 0.15) is 17.2 Å². The SMILES string of the molecule is COc1cccc(C(=O)N2C[C@H](C(=O)NCc3ccccc3)[C@@H](c3cc(OC)ccc3OC)C2)c1. The molecule has 3 aromatic rings. The summed E-state index contributed by atoms with van der Waals surface area (Å²) in [7, 11) is 4.77. The number of carbonyl (C=O) groups excluding carboxylic acids is 2. The predicted molar refractivity (Wildman–Crippen MR) is 133 cm³/mol. The zero-order chi connectivity index (χ0) is 24.8. The van der Waals surface area contributed by atoms with Gasteiger partial charge < -0.3 is 24.4 Å². The van der Waals surface area contributed by atoms with E-state index in [4.69, 9.17) is 14.2 Å². The number of rotatable bonds is 8. The van der Waals surface area contributed by atoms with E-state index in [1.165, 1.54) is 0 Å². The van der Waals surface area contributed by atoms with Crippen LogP contribution in [0.2, 0.25) is 0 Å². The lowest BCUT2D eigenvalue weighted by molar-refractivity contribution is -0.125. The highest BCUT2D eigenvalue weighted by molar-refractivity contribution is 5.95. The summed E-state index contributed by atoms with van der Waals surface area (Å²) in [5.41, 5.74) is 2.37. The molecule has 0 aliphatic carbocycles. The van der Waals surface area contributed by atoms with Crippen LogP contribution in [-0.2, 0) is 11.3 Å². The molecule has 0 aromatic heterocycles. The van der Waals surface area contributed by atoms with Crippen molar-refractivity contribution >= 4 is 11.8 Å². The highest BCUT2D eigenvalue weighted by Gasteiger charge is 2.42. The smallest absolute Gasteiger partial charge is 0.254 e. The standard InChI is InChI=1S/C28H30N2O5/c1-33-21-11-7-10-20(14-21)28(32)30-17-24(23-15-22(34-2)12-13-26(23)35-3)25(18-30)27(31)29-16-19-8-5-4-6-9-19/h4-15,24-25H,16-18H2,1-3H3,(H,29,31)/t24-,25+/m1/s1. The van der Waals surface area contributed by atoms with Crippen LogP contribution in [0.15, 0.2) is 72.8 Å². The van der Waals surface area contributed by atoms with Crippen molar-refractivity contribution in [3.05, 3.63) is 89.5 Å². The van der Waals surface area contributed by atoms with E-state index in [2.05, 4.69) is 5.32 Å². The molecular weight excluding hydrogens is 444 g/mol. The lowest BCUT2D eigenvalue weighted by Gasteiger charge is -2.21. The van der Waals surface area contributed by atoms with E-state index in [0.717, 1.165) is 11.1 Å². The molecule has 2 amide bonds. The average molecular weight is 475 g/mol. The summed E-state index contributed by atoms with van der Waals surface area (Å²) in [6.45, 7) is 1.09. The van der Waals surface area contributed by atoms with Crippen LogP contribution in [0.1, 0.15) is 27.4 Å². The quantitative estimate of drug-likeness (QED) is 0.536. The van der Waals surface area contributed by atoms with Gasteiger partial charge in [-0.2, -0.15) is 0 Å². The average Bonchev–Trinajstić information content (AvgIpc) is 3.37. The summed E-state index contributed by atoms with van der Waals surface area (Å²) in [4.78, 5) is 28.5. The number of hydrogen-bond donors (Lipinski definition) is 1. The minimum Gasteiger partial charge on any atom is -0.497 e. The molecule has 1 N–H and O–H groups in total. The summed E-state index contributed by atoms with van der Waals surface area (Å²) in [5.74, 6) is 0.978. The number of likely N-dealkylation sites (tertiary alicyclic amines) is 1. The topological polar surface area (TPSA) is 77.1 Å². The molecule has 1 aliphatic heterocycles. The van der Waals surface area contributed by atoms with Crippen LogP contribution in [0.5, 0.6) is 17.2 Å². The van der Waals surface area contributed by atoms with Crippen molar-refractivity contribution in [1.29, 1.82) is 0 Å². The second-order valence-electron chi connectivity index (χ2n) is 8.47. The summed E-state index contributed by atoms with van der Waals surface area (Å²) in [6, 6.07) is 22.4. The maximum Gasteiger partial charge on any atom is 0.254 e. The van der Waals surface area contributed by atoms with Gasteiger partial charge in [-0.1, -0.05) is 36.4 Å². The zero-order valence-electron chi connectivity index (χ0n) is 20.2. The summed E-state index contributed by atoms with van der Waals surface area (Å²) in [6.07, 6.45) is 0. The number of carbonyl (C=O) groups is 2. The van der Waals surface area contributed by atoms with Crippen LogP contribution >= 0.6 is 0 Å². The molecule has 0 saturated carbocycles. The molecule has 1 fully saturated rings. The van der Waals surface area contributed by atoms with E-state index in [0.29, 0.717) is 42.4 Å². The Kier molecular flexibility index (Phi) is 7.55. The monoisotopic (exact) mass is 474 g/mol. The van der Waals surface area contributed by atoms with E-state index in [1.54, 1.807) is 50.5 Å². The highest BCUT2D eigenvalue weighted by atomic mass is 16.5. The third-order valence-electron chi connectivity index (χ3n) is 6.41. The summed E-state index contributed by atoms with van der Waals surface area (Å²) < 4.78 is 16.3. The van der Waals surface area contributed by atoms with Crippen molar-refractivity contribution in [2.24, 2.45) is 5.92 Å². The zero-order valence-corrected chi connectivity index (χ0v) is 20.2. The molecule has 7 heteroatoms. The first-order valence-electron chi connectivity index (χ1n) is 11.5. The largest absolute Gasteiger partial charge is 0.497 e. The minimum absolute atomic E-state index is 0.107. The number of amides is 2. The van der Waals surface area contributed by atoms with Gasteiger partial charge in [0.05, 0.1) is 27.2 Å². The van der Waals surface area contributed by atoms with Crippen molar-refractivity contribution in [1.82, 2.24) is 10.2 Å². The van der Waals surface area contributed by atoms with Crippen LogP contribution < -0.4 is 19.5 Å². The molecule has 7 nitrogen and oxygen atoms in total. The first-order chi connectivity index (χ1) is 17.0. The highest BCUT2D eigenvalue weighted by Crippen LogP contribution is 2.40. The molecule has 35 heavy (non-hydrogen) atoms. The van der Waals surface area contributed by atoms with Gasteiger partial charge in [0.2, 0.25) is 5.91 Å². The fraction of sp³-hybridized carbons (Fsp3) is 0.286. The molecular formula is C28H30N2O5. The molecule has 3 aromatic carbocycles. The van der Waals surface area contributed by atoms with Crippen molar-refractivity contribution in [3.8, 4) is 17.2 Å². The Labute approximate surface area is 205 Å². The predicted octanol–water partition coefficient (Wildman–Crippen LogP) is 3.88. The van der Waals surface area contributed by atoms with Crippen LogP contribution in [0, 0.1) is 5.92 Å². The van der Waals surface area contributed by atoms with Gasteiger partial charge in [0.25, 0.3) is 5.91 Å². The fourth-order valence-corrected chi connectivity index (χ4v) is 4.53. The Morgan fingerprint density at radius 1 is 0.857 bits per heavy atom. The van der Waals surface area contributed by atoms with E-state index >= 15 is 0 Å². The lowest BCUT2D eigenvalue weighted by Crippen LogP contribution is -2.35. The molecule has 0 radical (unpaired) electrons. The lowest BCUT2D eigenvalue weighted by atomic mass is 9.87. The Morgan fingerprint density at radius 3 is 2.31 bits per heavy atom. The molecule has 0 bridgehead atoms. The fourth-order valence-electron chi connectivity index (χ4n) is 4.53. The van der Waals surface area contributed by atoms with Crippen LogP contribution in [0.4, 0.5) is 0 Å². The van der Waals surface area contributed by atoms with E-state index in [1.807, 2.05) is 48.5 Å². The Balaban J connectivity index is 1.63. The Morgan fingerprint density at radius 2 is 1.60 bits per heavy atom. The van der Waals surface area contributed by atoms with Gasteiger partial charge in [0, 0.05) is 36.7 Å². The molecule has 182 valence electrons. The second-order valence-corrected chi connectivity index (χ2v) is 8.47. The Bertz CT molecular complexity index is 1180. The maximum absolute atomic E-state index is 13.4. The minimum atomic E-state index is -0.450. The van der Waals surface area contributed by atoms with E-state index < -0.39 is 5.92 Å². The maximum atomic E-state index is 13.4. The summed E-state index contributed by atoms with van der Waals surface area (Å²) in [5, 5.41) is 3.06. The van der Waals surface area contributed by atoms with E-state index in [-0.39, 0.29) is 17.7 Å². The molecule has 1 aliphatic rings. The molecule has 1 saturated heterocycles. The van der Waals surface area contributed by atoms with Crippen LogP contribution in [-0.4, -0.2) is 51.1 Å². The van der Waals surface area contributed by atoms with Crippen molar-refractivity contribution < 1.29 is 23.8 Å². The molecule has 0 unspecified atom stereocenters. The number of nitrogens with zero attached hydrogens (tertiary/aromatic N) is 1. The first-order valence-corrected chi connectivity index (χ1v) is 11.5. The van der Waals surface area contributed by atoms with Gasteiger partial charge in [-0.05, 0) is 42.0 Å². The van der Waals surface area contributed by atoms with Crippen LogP contribution in [0.3, 0.4) is 0 Å². The van der Waals surface area contributed by atoms with Crippen molar-refractivity contribution in [2.75, 3.05) is 34.4 Å². The van der Waals surface area contributed by atoms with E-state index in [9.17, 15) is 9.59 Å². The number of nitrogens with one attached hydrogen (secondary N) is 1. The summed E-state index contributed by atoms with van der Waals surface area (Å²) >= 11 is 0. The number of benzene rings is 3. The Hall–Kier alpha value is -4.00. The van der Waals surface area contributed by atoms with Gasteiger partial charge in [-0.3, -0.25) is 9.59 Å². The number of ether oxygens (including phenoxy) is 3. The molecule has 4 rings (SSSR count). The van der Waals surface area contributed by atoms with Crippen LogP contribution in [0.25, 0.3) is 0 Å². The third kappa shape index (κ3) is 5.40. The first kappa shape index (κ1) is 24.1. The molecule has 2 atom stereocenters.